The van der Waals surface area contributed by atoms with Crippen molar-refractivity contribution >= 4 is 46.4 Å². The van der Waals surface area contributed by atoms with Gasteiger partial charge in [-0.3, -0.25) is 4.79 Å². The molecule has 0 spiro atoms. The Labute approximate surface area is 298 Å². The van der Waals surface area contributed by atoms with Crippen LogP contribution in [0.3, 0.4) is 0 Å². The fraction of sp³-hybridized carbons (Fsp3) is 0.438. The topological polar surface area (TPSA) is 273 Å². The molecule has 20 nitrogen and oxygen atoms in total. The SMILES string of the molecule is CCCCc1nn(-c2cc(-n3nc(CCCC)c(N=Nc4c(C(=O)C(O)CCC)cnn4C)c3N)ncn2)c(N)c1N=Nc1c(C(=O)O)cnn1C. The number of aryl methyl sites for hydroxylation is 4. The number of hydrogen-bond donors (Lipinski definition) is 4. The van der Waals surface area contributed by atoms with Gasteiger partial charge < -0.3 is 21.7 Å². The molecule has 0 amide bonds. The number of aliphatic hydroxyl groups is 1. The molecule has 5 heterocycles. The van der Waals surface area contributed by atoms with Gasteiger partial charge in [-0.15, -0.1) is 20.5 Å². The van der Waals surface area contributed by atoms with Crippen molar-refractivity contribution in [2.24, 2.45) is 34.6 Å². The molecule has 0 fully saturated rings. The van der Waals surface area contributed by atoms with Gasteiger partial charge in [-0.25, -0.2) is 24.1 Å². The highest BCUT2D eigenvalue weighted by Gasteiger charge is 2.25. The lowest BCUT2D eigenvalue weighted by Crippen LogP contribution is -2.19. The van der Waals surface area contributed by atoms with Crippen LogP contribution in [0.2, 0.25) is 0 Å². The van der Waals surface area contributed by atoms with Gasteiger partial charge in [-0.2, -0.15) is 29.8 Å². The molecule has 0 aliphatic rings. The number of carbonyl (C=O) groups is 2. The highest BCUT2D eigenvalue weighted by atomic mass is 16.4. The Kier molecular flexibility index (Phi) is 11.6. The van der Waals surface area contributed by atoms with Gasteiger partial charge in [0.2, 0.25) is 0 Å². The van der Waals surface area contributed by atoms with Crippen LogP contribution in [0.15, 0.2) is 45.2 Å². The summed E-state index contributed by atoms with van der Waals surface area (Å²) in [7, 11) is 3.19. The molecule has 1 unspecified atom stereocenters. The first-order valence-corrected chi connectivity index (χ1v) is 16.9. The van der Waals surface area contributed by atoms with E-state index < -0.39 is 17.9 Å². The molecular weight excluding hydrogens is 672 g/mol. The molecule has 5 rings (SSSR count). The Bertz CT molecular complexity index is 2120. The molecule has 0 saturated heterocycles. The minimum atomic E-state index is -1.19. The zero-order valence-electron chi connectivity index (χ0n) is 29.7. The summed E-state index contributed by atoms with van der Waals surface area (Å²) in [6, 6.07) is 1.60. The van der Waals surface area contributed by atoms with Crippen LogP contribution in [0.25, 0.3) is 11.6 Å². The number of aromatic nitrogens is 10. The van der Waals surface area contributed by atoms with Crippen molar-refractivity contribution < 1.29 is 19.8 Å². The normalized spacial score (nSPS) is 12.4. The maximum Gasteiger partial charge on any atom is 0.341 e. The fourth-order valence-electron chi connectivity index (χ4n) is 5.30. The minimum Gasteiger partial charge on any atom is -0.477 e. The van der Waals surface area contributed by atoms with Gasteiger partial charge in [0, 0.05) is 20.2 Å². The largest absolute Gasteiger partial charge is 0.477 e. The number of unbranched alkanes of at least 4 members (excludes halogenated alkanes) is 2. The van der Waals surface area contributed by atoms with Gasteiger partial charge in [-0.1, -0.05) is 40.0 Å². The number of Topliss-reactive ketones (excluding diaryl/α,β-unsaturated/α-hetero) is 1. The molecule has 0 radical (unpaired) electrons. The predicted molar refractivity (Wildman–Crippen MR) is 189 cm³/mol. The number of hydrogen-bond acceptors (Lipinski definition) is 15. The molecule has 0 aliphatic carbocycles. The van der Waals surface area contributed by atoms with Gasteiger partial charge in [0.15, 0.2) is 52.1 Å². The number of aromatic carboxylic acids is 1. The van der Waals surface area contributed by atoms with Crippen molar-refractivity contribution in [3.8, 4) is 11.6 Å². The number of nitrogens with zero attached hydrogens (tertiary/aromatic N) is 14. The smallest absolute Gasteiger partial charge is 0.341 e. The van der Waals surface area contributed by atoms with Gasteiger partial charge in [0.25, 0.3) is 0 Å². The summed E-state index contributed by atoms with van der Waals surface area (Å²) in [6.45, 7) is 5.96. The van der Waals surface area contributed by atoms with Crippen LogP contribution < -0.4 is 11.5 Å². The molecule has 52 heavy (non-hydrogen) atoms. The van der Waals surface area contributed by atoms with Gasteiger partial charge in [0.1, 0.15) is 18.0 Å². The van der Waals surface area contributed by atoms with Crippen molar-refractivity contribution in [2.75, 3.05) is 11.5 Å². The first-order chi connectivity index (χ1) is 25.0. The molecular formula is C32H42N16O4. The third kappa shape index (κ3) is 7.60. The summed E-state index contributed by atoms with van der Waals surface area (Å²) in [5.74, 6) is -0.638. The van der Waals surface area contributed by atoms with Gasteiger partial charge in [0.05, 0.1) is 29.3 Å². The van der Waals surface area contributed by atoms with Crippen LogP contribution in [0.1, 0.15) is 91.4 Å². The monoisotopic (exact) mass is 714 g/mol. The summed E-state index contributed by atoms with van der Waals surface area (Å²) in [5, 5.41) is 54.7. The molecule has 1 atom stereocenters. The Morgan fingerprint density at radius 3 is 1.71 bits per heavy atom. The maximum absolute atomic E-state index is 12.9. The first kappa shape index (κ1) is 37.1. The van der Waals surface area contributed by atoms with Crippen molar-refractivity contribution in [3.05, 3.63) is 47.3 Å². The maximum atomic E-state index is 12.9. The van der Waals surface area contributed by atoms with Crippen LogP contribution in [0.4, 0.5) is 34.6 Å². The number of rotatable bonds is 17. The second kappa shape index (κ2) is 16.2. The van der Waals surface area contributed by atoms with E-state index in [-0.39, 0.29) is 51.7 Å². The van der Waals surface area contributed by atoms with Crippen molar-refractivity contribution in [1.82, 2.24) is 49.1 Å². The van der Waals surface area contributed by atoms with E-state index >= 15 is 0 Å². The number of azo groups is 2. The molecule has 5 aromatic heterocycles. The number of nitrogens with two attached hydrogens (primary N) is 2. The Morgan fingerprint density at radius 2 is 1.25 bits per heavy atom. The van der Waals surface area contributed by atoms with Crippen LogP contribution in [-0.2, 0) is 26.9 Å². The zero-order valence-corrected chi connectivity index (χ0v) is 29.7. The number of carboxylic acids is 1. The van der Waals surface area contributed by atoms with Crippen LogP contribution in [-0.4, -0.2) is 77.2 Å². The van der Waals surface area contributed by atoms with Crippen molar-refractivity contribution in [2.45, 2.75) is 78.2 Å². The quantitative estimate of drug-likeness (QED) is 0.0728. The summed E-state index contributed by atoms with van der Waals surface area (Å²) < 4.78 is 5.52. The van der Waals surface area contributed by atoms with Crippen molar-refractivity contribution in [3.63, 3.8) is 0 Å². The number of anilines is 2. The summed E-state index contributed by atoms with van der Waals surface area (Å²) in [6.07, 6.45) is 8.03. The van der Waals surface area contributed by atoms with E-state index in [0.717, 1.165) is 25.7 Å². The van der Waals surface area contributed by atoms with Crippen LogP contribution in [0, 0.1) is 0 Å². The lowest BCUT2D eigenvalue weighted by atomic mass is 10.1. The third-order valence-electron chi connectivity index (χ3n) is 8.20. The molecule has 0 saturated carbocycles. The van der Waals surface area contributed by atoms with Crippen molar-refractivity contribution in [1.29, 1.82) is 0 Å². The van der Waals surface area contributed by atoms with E-state index in [9.17, 15) is 19.8 Å². The number of aliphatic hydroxyl groups excluding tert-OH is 1. The standard InChI is InChI=1S/C32H42N16O4/c1-6-9-12-20-25(39-41-30-18(15-37-45(30)4)27(50)22(49)11-8-3)28(33)47(43-20)23-14-24(36-17-35-23)48-29(34)26(21(44-48)13-10-7-2)40-42-31-19(32(51)52)16-38-46(31)5/h14-17,22,49H,6-13,33-34H2,1-5H3,(H,51,52). The number of nitrogen functional groups attached to an aromatic ring is 2. The Morgan fingerprint density at radius 1 is 0.769 bits per heavy atom. The van der Waals surface area contributed by atoms with Gasteiger partial charge in [-0.05, 0) is 32.1 Å². The zero-order chi connectivity index (χ0) is 37.5. The molecule has 5 aromatic rings. The third-order valence-corrected chi connectivity index (χ3v) is 8.20. The number of carbonyl (C=O) groups excluding carboxylic acids is 1. The molecule has 20 heteroatoms. The minimum absolute atomic E-state index is 0.0479. The number of carboxylic acid groups (broad SMARTS) is 1. The predicted octanol–water partition coefficient (Wildman–Crippen LogP) is 5.04. The average Bonchev–Trinajstić information content (AvgIpc) is 3.87. The fourth-order valence-corrected chi connectivity index (χ4v) is 5.30. The Hall–Kier alpha value is -6.18. The van der Waals surface area contributed by atoms with E-state index in [0.29, 0.717) is 42.8 Å². The highest BCUT2D eigenvalue weighted by molar-refractivity contribution is 6.02. The van der Waals surface area contributed by atoms with Crippen LogP contribution in [0.5, 0.6) is 0 Å². The molecule has 6 N–H and O–H groups in total. The molecule has 0 aromatic carbocycles. The van der Waals surface area contributed by atoms with E-state index in [1.807, 2.05) is 20.8 Å². The summed E-state index contributed by atoms with van der Waals surface area (Å²) >= 11 is 0. The van der Waals surface area contributed by atoms with E-state index in [1.54, 1.807) is 20.2 Å². The highest BCUT2D eigenvalue weighted by Crippen LogP contribution is 2.35. The molecule has 0 bridgehead atoms. The molecule has 0 aliphatic heterocycles. The van der Waals surface area contributed by atoms with E-state index in [1.165, 1.54) is 37.4 Å². The first-order valence-electron chi connectivity index (χ1n) is 16.9. The second-order valence-corrected chi connectivity index (χ2v) is 12.0. The number of ketones is 1. The van der Waals surface area contributed by atoms with Gasteiger partial charge >= 0.3 is 5.97 Å². The second-order valence-electron chi connectivity index (χ2n) is 12.0. The lowest BCUT2D eigenvalue weighted by Gasteiger charge is -2.07. The Balaban J connectivity index is 1.54. The van der Waals surface area contributed by atoms with E-state index in [4.69, 9.17) is 21.7 Å². The lowest BCUT2D eigenvalue weighted by molar-refractivity contribution is 0.0696. The average molecular weight is 715 g/mol. The molecule has 274 valence electrons. The summed E-state index contributed by atoms with van der Waals surface area (Å²) in [5.41, 5.74) is 14.9. The van der Waals surface area contributed by atoms with E-state index in [2.05, 4.69) is 40.6 Å². The van der Waals surface area contributed by atoms with Crippen LogP contribution >= 0.6 is 0 Å². The summed E-state index contributed by atoms with van der Waals surface area (Å²) in [4.78, 5) is 33.4.